The molecule has 0 saturated carbocycles. The van der Waals surface area contributed by atoms with Gasteiger partial charge >= 0.3 is 5.97 Å². The number of aromatic nitrogens is 1. The summed E-state index contributed by atoms with van der Waals surface area (Å²) in [4.78, 5) is 24.5. The fourth-order valence-electron chi connectivity index (χ4n) is 2.34. The third kappa shape index (κ3) is 6.80. The van der Waals surface area contributed by atoms with Crippen LogP contribution in [0.4, 0.5) is 5.13 Å². The molecule has 136 valence electrons. The van der Waals surface area contributed by atoms with E-state index < -0.39 is 0 Å². The number of carbonyl (C=O) groups excluding carboxylic acids is 1. The Morgan fingerprint density at radius 2 is 2.12 bits per heavy atom. The number of piperazine rings is 1. The van der Waals surface area contributed by atoms with Crippen molar-refractivity contribution < 1.29 is 9.53 Å². The Hall–Kier alpha value is -1.10. The number of hydrogen-bond donors (Lipinski definition) is 1. The van der Waals surface area contributed by atoms with Crippen LogP contribution in [0.3, 0.4) is 0 Å². The molecule has 7 nitrogen and oxygen atoms in total. The van der Waals surface area contributed by atoms with Crippen LogP contribution in [0.1, 0.15) is 26.7 Å². The maximum atomic E-state index is 11.4. The van der Waals surface area contributed by atoms with Gasteiger partial charge in [0.1, 0.15) is 0 Å². The summed E-state index contributed by atoms with van der Waals surface area (Å²) in [5.74, 6) is 0.381. The lowest BCUT2D eigenvalue weighted by molar-refractivity contribution is -0.147. The smallest absolute Gasteiger partial charge is 0.306 e. The van der Waals surface area contributed by atoms with Crippen molar-refractivity contribution in [3.63, 3.8) is 0 Å². The zero-order chi connectivity index (χ0) is 16.7. The van der Waals surface area contributed by atoms with E-state index in [2.05, 4.69) is 19.8 Å². The highest BCUT2D eigenvalue weighted by Crippen LogP contribution is 2.18. The normalized spacial score (nSPS) is 15.4. The van der Waals surface area contributed by atoms with Crippen molar-refractivity contribution in [2.75, 3.05) is 37.6 Å². The summed E-state index contributed by atoms with van der Waals surface area (Å²) in [7, 11) is 0. The molecule has 1 aromatic rings. The quantitative estimate of drug-likeness (QED) is 0.226. The van der Waals surface area contributed by atoms with Crippen LogP contribution in [0.15, 0.2) is 16.6 Å². The number of hydrogen-bond acceptors (Lipinski definition) is 6. The molecule has 24 heavy (non-hydrogen) atoms. The first-order valence-corrected chi connectivity index (χ1v) is 8.83. The predicted octanol–water partition coefficient (Wildman–Crippen LogP) is 1.93. The summed E-state index contributed by atoms with van der Waals surface area (Å²) in [6.45, 7) is 7.70. The van der Waals surface area contributed by atoms with Gasteiger partial charge in [0, 0.05) is 50.7 Å². The lowest BCUT2D eigenvalue weighted by Gasteiger charge is -2.35. The van der Waals surface area contributed by atoms with E-state index in [1.807, 2.05) is 25.4 Å². The van der Waals surface area contributed by atoms with Crippen molar-refractivity contribution in [3.05, 3.63) is 11.6 Å². The van der Waals surface area contributed by atoms with Crippen molar-refractivity contribution in [1.29, 1.82) is 0 Å². The monoisotopic (exact) mass is 467 g/mol. The summed E-state index contributed by atoms with van der Waals surface area (Å²) in [6, 6.07) is 0. The van der Waals surface area contributed by atoms with Crippen molar-refractivity contribution in [3.8, 4) is 0 Å². The van der Waals surface area contributed by atoms with Crippen molar-refractivity contribution >= 4 is 52.4 Å². The first-order valence-electron chi connectivity index (χ1n) is 7.95. The van der Waals surface area contributed by atoms with E-state index in [0.717, 1.165) is 31.3 Å². The zero-order valence-corrected chi connectivity index (χ0v) is 17.3. The van der Waals surface area contributed by atoms with Crippen LogP contribution in [-0.4, -0.2) is 60.6 Å². The second-order valence-corrected chi connectivity index (χ2v) is 6.54. The number of nitrogens with zero attached hydrogens (tertiary/aromatic N) is 4. The van der Waals surface area contributed by atoms with Crippen LogP contribution >= 0.6 is 35.3 Å². The zero-order valence-electron chi connectivity index (χ0n) is 14.2. The van der Waals surface area contributed by atoms with E-state index in [1.54, 1.807) is 11.3 Å². The Balaban J connectivity index is 0.00000288. The number of ether oxygens (including phenoxy) is 1. The standard InChI is InChI=1S/C15H25N5O2S.HI/c1-12(2)22-13(21)4-3-5-17-14(16)19-7-9-20(10-8-19)15-18-6-11-23-15;/h6,11-12H,3-5,7-10H2,1-2H3,(H2,16,17);1H. The number of rotatable bonds is 6. The van der Waals surface area contributed by atoms with E-state index in [1.165, 1.54) is 0 Å². The molecular weight excluding hydrogens is 441 g/mol. The number of aliphatic imine (C=N–C) groups is 1. The number of carbonyl (C=O) groups is 1. The van der Waals surface area contributed by atoms with E-state index >= 15 is 0 Å². The molecule has 1 aliphatic heterocycles. The molecule has 0 amide bonds. The van der Waals surface area contributed by atoms with Gasteiger partial charge in [-0.15, -0.1) is 35.3 Å². The molecule has 0 radical (unpaired) electrons. The van der Waals surface area contributed by atoms with E-state index in [0.29, 0.717) is 25.3 Å². The maximum Gasteiger partial charge on any atom is 0.306 e. The summed E-state index contributed by atoms with van der Waals surface area (Å²) in [5, 5.41) is 3.05. The van der Waals surface area contributed by atoms with Gasteiger partial charge in [-0.25, -0.2) is 4.98 Å². The average Bonchev–Trinajstić information content (AvgIpc) is 3.05. The molecule has 0 aliphatic carbocycles. The summed E-state index contributed by atoms with van der Waals surface area (Å²) >= 11 is 1.65. The highest BCUT2D eigenvalue weighted by atomic mass is 127. The summed E-state index contributed by atoms with van der Waals surface area (Å²) in [5.41, 5.74) is 6.04. The molecule has 2 rings (SSSR count). The molecule has 9 heteroatoms. The topological polar surface area (TPSA) is 84.0 Å². The summed E-state index contributed by atoms with van der Waals surface area (Å²) < 4.78 is 5.08. The number of anilines is 1. The molecule has 0 atom stereocenters. The SMILES string of the molecule is CC(C)OC(=O)CCCN=C(N)N1CCN(c2nccs2)CC1.I. The number of halogens is 1. The van der Waals surface area contributed by atoms with Gasteiger partial charge in [-0.1, -0.05) is 0 Å². The van der Waals surface area contributed by atoms with Crippen LogP contribution in [0.25, 0.3) is 0 Å². The fourth-order valence-corrected chi connectivity index (χ4v) is 3.03. The van der Waals surface area contributed by atoms with E-state index in [-0.39, 0.29) is 36.0 Å². The average molecular weight is 467 g/mol. The minimum absolute atomic E-state index is 0. The fraction of sp³-hybridized carbons (Fsp3) is 0.667. The lowest BCUT2D eigenvalue weighted by atomic mass is 10.3. The Kier molecular flexibility index (Phi) is 9.34. The maximum absolute atomic E-state index is 11.4. The summed E-state index contributed by atoms with van der Waals surface area (Å²) in [6.07, 6.45) is 2.80. The van der Waals surface area contributed by atoms with Gasteiger partial charge in [0.2, 0.25) is 0 Å². The molecule has 0 bridgehead atoms. The lowest BCUT2D eigenvalue weighted by Crippen LogP contribution is -2.51. The van der Waals surface area contributed by atoms with Gasteiger partial charge in [-0.2, -0.15) is 0 Å². The molecule has 0 spiro atoms. The Bertz CT molecular complexity index is 516. The third-order valence-corrected chi connectivity index (χ3v) is 4.31. The molecule has 1 saturated heterocycles. The molecule has 2 heterocycles. The predicted molar refractivity (Wildman–Crippen MR) is 108 cm³/mol. The molecule has 2 N–H and O–H groups in total. The van der Waals surface area contributed by atoms with Crippen molar-refractivity contribution in [2.45, 2.75) is 32.8 Å². The first kappa shape index (κ1) is 20.9. The van der Waals surface area contributed by atoms with Crippen LogP contribution < -0.4 is 10.6 Å². The Morgan fingerprint density at radius 3 is 2.71 bits per heavy atom. The largest absolute Gasteiger partial charge is 0.463 e. The van der Waals surface area contributed by atoms with Crippen LogP contribution in [-0.2, 0) is 9.53 Å². The minimum atomic E-state index is -0.175. The molecule has 0 aromatic carbocycles. The van der Waals surface area contributed by atoms with Gasteiger partial charge in [0.05, 0.1) is 6.10 Å². The number of esters is 1. The van der Waals surface area contributed by atoms with Crippen LogP contribution in [0, 0.1) is 0 Å². The van der Waals surface area contributed by atoms with Crippen molar-refractivity contribution in [2.24, 2.45) is 10.7 Å². The van der Waals surface area contributed by atoms with Crippen molar-refractivity contribution in [1.82, 2.24) is 9.88 Å². The molecule has 1 aliphatic rings. The minimum Gasteiger partial charge on any atom is -0.463 e. The Labute approximate surface area is 164 Å². The van der Waals surface area contributed by atoms with Gasteiger partial charge in [0.15, 0.2) is 11.1 Å². The Morgan fingerprint density at radius 1 is 1.42 bits per heavy atom. The first-order chi connectivity index (χ1) is 11.1. The van der Waals surface area contributed by atoms with Gasteiger partial charge in [0.25, 0.3) is 0 Å². The van der Waals surface area contributed by atoms with Crippen LogP contribution in [0.5, 0.6) is 0 Å². The second kappa shape index (κ2) is 10.7. The van der Waals surface area contributed by atoms with E-state index in [4.69, 9.17) is 10.5 Å². The molecular formula is C15H26IN5O2S. The molecule has 1 fully saturated rings. The van der Waals surface area contributed by atoms with Gasteiger partial charge in [-0.05, 0) is 20.3 Å². The van der Waals surface area contributed by atoms with Gasteiger partial charge < -0.3 is 20.3 Å². The van der Waals surface area contributed by atoms with E-state index in [9.17, 15) is 4.79 Å². The van der Waals surface area contributed by atoms with Gasteiger partial charge in [-0.3, -0.25) is 9.79 Å². The number of nitrogens with two attached hydrogens (primary N) is 1. The second-order valence-electron chi connectivity index (χ2n) is 5.67. The highest BCUT2D eigenvalue weighted by molar-refractivity contribution is 14.0. The van der Waals surface area contributed by atoms with Crippen LogP contribution in [0.2, 0.25) is 0 Å². The highest BCUT2D eigenvalue weighted by Gasteiger charge is 2.19. The molecule has 0 unspecified atom stereocenters. The number of thiazole rings is 1. The number of guanidine groups is 1. The third-order valence-electron chi connectivity index (χ3n) is 3.47. The molecule has 1 aromatic heterocycles.